The molecular formula is C37H36F6N8O3S. The molecule has 55 heavy (non-hydrogen) atoms. The first kappa shape index (κ1) is 36.1. The van der Waals surface area contributed by atoms with Crippen molar-refractivity contribution in [3.8, 4) is 23.2 Å². The number of carbonyl (C=O) groups excluding carboxylic acids is 1. The lowest BCUT2D eigenvalue weighted by molar-refractivity contribution is -0.137. The number of hydrogen-bond donors (Lipinski definition) is 1. The Morgan fingerprint density at radius 3 is 2.64 bits per heavy atom. The molecule has 290 valence electrons. The fourth-order valence-electron chi connectivity index (χ4n) is 9.40. The number of alkyl halides is 4. The lowest BCUT2D eigenvalue weighted by atomic mass is 9.92. The lowest BCUT2D eigenvalue weighted by Gasteiger charge is -2.35. The van der Waals surface area contributed by atoms with Gasteiger partial charge in [-0.15, -0.1) is 11.3 Å². The van der Waals surface area contributed by atoms with Gasteiger partial charge in [0.15, 0.2) is 5.82 Å². The van der Waals surface area contributed by atoms with Crippen molar-refractivity contribution in [2.45, 2.75) is 68.6 Å². The molecule has 5 saturated heterocycles. The second kappa shape index (κ2) is 13.0. The number of anilines is 2. The van der Waals surface area contributed by atoms with Gasteiger partial charge in [-0.2, -0.15) is 28.4 Å². The van der Waals surface area contributed by atoms with Crippen LogP contribution in [-0.4, -0.2) is 113 Å². The van der Waals surface area contributed by atoms with Crippen LogP contribution in [0.1, 0.15) is 43.7 Å². The number of thiophene rings is 1. The van der Waals surface area contributed by atoms with E-state index in [9.17, 15) is 14.4 Å². The molecule has 0 bridgehead atoms. The first-order valence-corrected chi connectivity index (χ1v) is 19.1. The average molecular weight is 787 g/mol. The second-order valence-corrected chi connectivity index (χ2v) is 16.1. The minimum absolute atomic E-state index is 0.00204. The first-order chi connectivity index (χ1) is 26.3. The number of nitrogens with two attached hydrogens (primary N) is 1. The van der Waals surface area contributed by atoms with Crippen molar-refractivity contribution < 1.29 is 40.6 Å². The van der Waals surface area contributed by atoms with Gasteiger partial charge >= 0.3 is 18.2 Å². The number of likely N-dealkylation sites (N-methyl/N-ethyl adjacent to an activating group) is 1. The Bertz CT molecular complexity index is 2280. The van der Waals surface area contributed by atoms with E-state index < -0.39 is 52.2 Å². The third kappa shape index (κ3) is 5.63. The Labute approximate surface area is 315 Å². The molecule has 5 aliphatic heterocycles. The van der Waals surface area contributed by atoms with Crippen LogP contribution in [0.4, 0.5) is 42.0 Å². The normalized spacial score (nSPS) is 25.6. The van der Waals surface area contributed by atoms with Gasteiger partial charge in [-0.05, 0) is 50.4 Å². The van der Waals surface area contributed by atoms with Crippen molar-refractivity contribution in [1.29, 1.82) is 5.26 Å². The number of nitriles is 1. The average Bonchev–Trinajstić information content (AvgIpc) is 3.91. The van der Waals surface area contributed by atoms with E-state index in [1.54, 1.807) is 21.6 Å². The van der Waals surface area contributed by atoms with Crippen molar-refractivity contribution >= 4 is 49.2 Å². The zero-order chi connectivity index (χ0) is 38.6. The molecule has 11 nitrogen and oxygen atoms in total. The quantitative estimate of drug-likeness (QED) is 0.205. The summed E-state index contributed by atoms with van der Waals surface area (Å²) < 4.78 is 104. The highest BCUT2D eigenvalue weighted by molar-refractivity contribution is 7.23. The van der Waals surface area contributed by atoms with Gasteiger partial charge in [0.1, 0.15) is 41.0 Å². The topological polar surface area (TPSA) is 124 Å². The number of nitrogen functional groups attached to an aromatic ring is 1. The number of halogens is 6. The first-order valence-electron chi connectivity index (χ1n) is 18.3. The molecule has 4 unspecified atom stereocenters. The highest BCUT2D eigenvalue weighted by atomic mass is 32.1. The van der Waals surface area contributed by atoms with E-state index in [0.717, 1.165) is 24.6 Å². The summed E-state index contributed by atoms with van der Waals surface area (Å²) in [6.45, 7) is 4.61. The van der Waals surface area contributed by atoms with Crippen molar-refractivity contribution in [2.75, 3.05) is 63.2 Å². The van der Waals surface area contributed by atoms with Gasteiger partial charge in [0, 0.05) is 48.9 Å². The predicted octanol–water partition coefficient (Wildman–Crippen LogP) is 6.32. The highest BCUT2D eigenvalue weighted by Crippen LogP contribution is 2.49. The van der Waals surface area contributed by atoms with E-state index in [0.29, 0.717) is 50.5 Å². The summed E-state index contributed by atoms with van der Waals surface area (Å²) in [6, 6.07) is 3.56. The van der Waals surface area contributed by atoms with Crippen LogP contribution in [0.3, 0.4) is 0 Å². The number of nitrogens with zero attached hydrogens (tertiary/aromatic N) is 7. The van der Waals surface area contributed by atoms with Crippen LogP contribution in [0.15, 0.2) is 18.2 Å². The third-order valence-corrected chi connectivity index (χ3v) is 13.1. The molecule has 0 saturated carbocycles. The maximum Gasteiger partial charge on any atom is 0.417 e. The maximum atomic E-state index is 17.3. The maximum absolute atomic E-state index is 17.3. The van der Waals surface area contributed by atoms with Gasteiger partial charge in [-0.25, -0.2) is 18.0 Å². The summed E-state index contributed by atoms with van der Waals surface area (Å²) in [5.74, 6) is -2.21. The van der Waals surface area contributed by atoms with Gasteiger partial charge in [0.2, 0.25) is 0 Å². The number of carbonyl (C=O) groups is 1. The van der Waals surface area contributed by atoms with E-state index >= 15 is 22.0 Å². The van der Waals surface area contributed by atoms with Gasteiger partial charge in [0.25, 0.3) is 0 Å². The molecule has 0 aliphatic carbocycles. The summed E-state index contributed by atoms with van der Waals surface area (Å²) >= 11 is 0.683. The lowest BCUT2D eigenvalue weighted by Crippen LogP contribution is -2.51. The number of aromatic nitrogens is 2. The molecule has 5 aliphatic rings. The van der Waals surface area contributed by atoms with Crippen molar-refractivity contribution in [3.63, 3.8) is 0 Å². The van der Waals surface area contributed by atoms with Crippen LogP contribution in [0.2, 0.25) is 0 Å². The molecule has 4 atom stereocenters. The summed E-state index contributed by atoms with van der Waals surface area (Å²) in [5, 5.41) is 9.29. The SMILES string of the molecule is CCN(c1nc(OCC23CCCN2CC(F)C3)nc2c(F)c(-c3ccc(F)c4sc(N)c(C#N)c34)c(C(F)(F)F)cc12)C1CC2CN(C3COC3)C(=O)N2C1. The number of ether oxygens (including phenoxy) is 2. The van der Waals surface area contributed by atoms with Crippen molar-refractivity contribution in [2.24, 2.45) is 0 Å². The van der Waals surface area contributed by atoms with Gasteiger partial charge in [0.05, 0.1) is 52.7 Å². The van der Waals surface area contributed by atoms with Crippen LogP contribution in [-0.2, 0) is 10.9 Å². The standard InChI is InChI=1S/C37H36F6N8O3S/c1-2-49(19-8-20-14-51(21-15-53-16-21)35(52)50(20)13-19)33-23-9-25(37(41,42)43)28(22-4-5-26(39)31-27(22)24(11-44)32(45)55-31)29(40)30(23)46-34(47-33)54-17-36-6-3-7-48(36)12-18(38)10-36/h4-5,9,18-21H,2-3,6-8,10,12-17,45H2,1H3. The van der Waals surface area contributed by atoms with E-state index in [1.165, 1.54) is 0 Å². The number of benzene rings is 2. The monoisotopic (exact) mass is 786 g/mol. The zero-order valence-corrected chi connectivity index (χ0v) is 30.5. The molecule has 9 rings (SSSR count). The van der Waals surface area contributed by atoms with Crippen LogP contribution in [0, 0.1) is 23.0 Å². The van der Waals surface area contributed by atoms with Crippen molar-refractivity contribution in [3.05, 3.63) is 41.0 Å². The van der Waals surface area contributed by atoms with Gasteiger partial charge < -0.3 is 29.9 Å². The van der Waals surface area contributed by atoms with Crippen LogP contribution < -0.4 is 15.4 Å². The highest BCUT2D eigenvalue weighted by Gasteiger charge is 2.51. The third-order valence-electron chi connectivity index (χ3n) is 12.0. The Kier molecular flexibility index (Phi) is 8.51. The molecule has 7 heterocycles. The fourth-order valence-corrected chi connectivity index (χ4v) is 10.4. The Balaban J connectivity index is 1.20. The largest absolute Gasteiger partial charge is 0.461 e. The molecule has 0 spiro atoms. The number of urea groups is 1. The molecular weight excluding hydrogens is 751 g/mol. The van der Waals surface area contributed by atoms with E-state index in [4.69, 9.17) is 15.2 Å². The number of amides is 2. The molecule has 18 heteroatoms. The zero-order valence-electron chi connectivity index (χ0n) is 29.6. The van der Waals surface area contributed by atoms with E-state index in [2.05, 4.69) is 9.97 Å². The summed E-state index contributed by atoms with van der Waals surface area (Å²) in [6.07, 6.45) is -3.99. The fraction of sp³-hybridized carbons (Fsp3) is 0.514. The van der Waals surface area contributed by atoms with E-state index in [1.807, 2.05) is 11.0 Å². The smallest absolute Gasteiger partial charge is 0.417 e. The molecule has 5 fully saturated rings. The van der Waals surface area contributed by atoms with Gasteiger partial charge in [-0.3, -0.25) is 4.90 Å². The van der Waals surface area contributed by atoms with Crippen LogP contribution in [0.25, 0.3) is 32.1 Å². The number of hydrogen-bond acceptors (Lipinski definition) is 10. The minimum Gasteiger partial charge on any atom is -0.461 e. The summed E-state index contributed by atoms with van der Waals surface area (Å²) in [5.41, 5.74) is 1.93. The molecule has 0 radical (unpaired) electrons. The Morgan fingerprint density at radius 1 is 1.16 bits per heavy atom. The summed E-state index contributed by atoms with van der Waals surface area (Å²) in [4.78, 5) is 29.8. The second-order valence-electron chi connectivity index (χ2n) is 15.1. The molecule has 2 N–H and O–H groups in total. The molecule has 2 aromatic carbocycles. The minimum atomic E-state index is -5.13. The predicted molar refractivity (Wildman–Crippen MR) is 192 cm³/mol. The molecule has 4 aromatic rings. The molecule has 2 amide bonds. The van der Waals surface area contributed by atoms with Crippen LogP contribution >= 0.6 is 11.3 Å². The van der Waals surface area contributed by atoms with Crippen molar-refractivity contribution in [1.82, 2.24) is 24.7 Å². The van der Waals surface area contributed by atoms with E-state index in [-0.39, 0.29) is 94.2 Å². The Morgan fingerprint density at radius 2 is 1.95 bits per heavy atom. The number of rotatable bonds is 8. The van der Waals surface area contributed by atoms with Gasteiger partial charge in [-0.1, -0.05) is 6.07 Å². The van der Waals surface area contributed by atoms with Crippen LogP contribution in [0.5, 0.6) is 6.01 Å². The number of fused-ring (bicyclic) bond motifs is 4. The molecule has 2 aromatic heterocycles. The Hall–Kier alpha value is -4.60. The summed E-state index contributed by atoms with van der Waals surface area (Å²) in [7, 11) is 0.